The largest absolute Gasteiger partial charge is 0.263 e. The highest BCUT2D eigenvalue weighted by Crippen LogP contribution is 2.22. The number of halogens is 1. The zero-order valence-corrected chi connectivity index (χ0v) is 14.8. The van der Waals surface area contributed by atoms with Gasteiger partial charge in [0.2, 0.25) is 5.13 Å². The van der Waals surface area contributed by atoms with Gasteiger partial charge in [0, 0.05) is 10.9 Å². The van der Waals surface area contributed by atoms with Crippen LogP contribution in [0, 0.1) is 0 Å². The van der Waals surface area contributed by atoms with Gasteiger partial charge in [-0.1, -0.05) is 47.0 Å². The Bertz CT molecular complexity index is 684. The number of unbranched alkanes of at least 4 members (excludes halogenated alkanes) is 2. The lowest BCUT2D eigenvalue weighted by molar-refractivity contribution is 0.601. The van der Waals surface area contributed by atoms with E-state index in [-0.39, 0.29) is 4.90 Å². The molecular formula is C13H16BrN3O2S2. The van der Waals surface area contributed by atoms with Crippen LogP contribution >= 0.6 is 27.3 Å². The number of nitrogens with one attached hydrogen (secondary N) is 1. The molecule has 2 rings (SSSR count). The van der Waals surface area contributed by atoms with Gasteiger partial charge in [0.25, 0.3) is 10.0 Å². The minimum absolute atomic E-state index is 0.202. The van der Waals surface area contributed by atoms with Crippen molar-refractivity contribution in [3.63, 3.8) is 0 Å². The summed E-state index contributed by atoms with van der Waals surface area (Å²) < 4.78 is 27.7. The van der Waals surface area contributed by atoms with Gasteiger partial charge < -0.3 is 0 Å². The Balaban J connectivity index is 2.05. The summed E-state index contributed by atoms with van der Waals surface area (Å²) in [4.78, 5) is 0.202. The Morgan fingerprint density at radius 3 is 2.57 bits per heavy atom. The molecule has 0 aliphatic carbocycles. The van der Waals surface area contributed by atoms with Crippen LogP contribution in [-0.2, 0) is 16.4 Å². The van der Waals surface area contributed by atoms with Crippen molar-refractivity contribution in [2.24, 2.45) is 0 Å². The quantitative estimate of drug-likeness (QED) is 0.730. The zero-order chi connectivity index (χ0) is 15.3. The van der Waals surface area contributed by atoms with E-state index < -0.39 is 10.0 Å². The fourth-order valence-electron chi connectivity index (χ4n) is 1.71. The van der Waals surface area contributed by atoms with E-state index in [4.69, 9.17) is 0 Å². The van der Waals surface area contributed by atoms with Gasteiger partial charge in [0.1, 0.15) is 5.01 Å². The number of hydrogen-bond donors (Lipinski definition) is 1. The summed E-state index contributed by atoms with van der Waals surface area (Å²) in [5.41, 5.74) is 0. The van der Waals surface area contributed by atoms with Gasteiger partial charge >= 0.3 is 0 Å². The van der Waals surface area contributed by atoms with Gasteiger partial charge in [-0.05, 0) is 30.7 Å². The predicted molar refractivity (Wildman–Crippen MR) is 88.1 cm³/mol. The lowest BCUT2D eigenvalue weighted by atomic mass is 10.2. The molecule has 114 valence electrons. The lowest BCUT2D eigenvalue weighted by Crippen LogP contribution is -2.12. The normalized spacial score (nSPS) is 11.5. The molecule has 0 aliphatic heterocycles. The van der Waals surface area contributed by atoms with Crippen LogP contribution in [0.3, 0.4) is 0 Å². The number of sulfonamides is 1. The Labute approximate surface area is 137 Å². The van der Waals surface area contributed by atoms with Crippen LogP contribution in [0.25, 0.3) is 0 Å². The topological polar surface area (TPSA) is 72.0 Å². The molecule has 1 N–H and O–H groups in total. The average Bonchev–Trinajstić information content (AvgIpc) is 2.86. The Hall–Kier alpha value is -0.990. The van der Waals surface area contributed by atoms with Crippen molar-refractivity contribution >= 4 is 42.4 Å². The third-order valence-corrected chi connectivity index (χ3v) is 5.72. The molecule has 0 saturated heterocycles. The van der Waals surface area contributed by atoms with Crippen molar-refractivity contribution < 1.29 is 8.42 Å². The molecule has 21 heavy (non-hydrogen) atoms. The van der Waals surface area contributed by atoms with Crippen LogP contribution in [0.1, 0.15) is 31.2 Å². The Morgan fingerprint density at radius 1 is 1.19 bits per heavy atom. The van der Waals surface area contributed by atoms with Crippen LogP contribution < -0.4 is 4.72 Å². The second-order valence-corrected chi connectivity index (χ2v) is 8.18. The van der Waals surface area contributed by atoms with Crippen LogP contribution in [0.15, 0.2) is 33.6 Å². The molecule has 0 saturated carbocycles. The van der Waals surface area contributed by atoms with E-state index >= 15 is 0 Å². The van der Waals surface area contributed by atoms with E-state index in [2.05, 4.69) is 37.8 Å². The molecule has 0 radical (unpaired) electrons. The van der Waals surface area contributed by atoms with Gasteiger partial charge in [0.15, 0.2) is 0 Å². The second-order valence-electron chi connectivity index (χ2n) is 4.52. The first-order valence-electron chi connectivity index (χ1n) is 6.62. The fourth-order valence-corrected chi connectivity index (χ4v) is 3.99. The van der Waals surface area contributed by atoms with Crippen LogP contribution in [0.2, 0.25) is 0 Å². The van der Waals surface area contributed by atoms with Gasteiger partial charge in [-0.15, -0.1) is 10.2 Å². The minimum Gasteiger partial charge on any atom is -0.253 e. The van der Waals surface area contributed by atoms with E-state index in [9.17, 15) is 8.42 Å². The monoisotopic (exact) mass is 389 g/mol. The average molecular weight is 390 g/mol. The maximum absolute atomic E-state index is 12.2. The second kappa shape index (κ2) is 7.33. The summed E-state index contributed by atoms with van der Waals surface area (Å²) in [5.74, 6) is 0. The molecule has 0 bridgehead atoms. The molecule has 0 fully saturated rings. The molecule has 1 aromatic heterocycles. The summed E-state index contributed by atoms with van der Waals surface area (Å²) in [5, 5.41) is 9.07. The summed E-state index contributed by atoms with van der Waals surface area (Å²) >= 11 is 4.56. The number of nitrogens with zero attached hydrogens (tertiary/aromatic N) is 2. The van der Waals surface area contributed by atoms with Gasteiger partial charge in [-0.25, -0.2) is 8.42 Å². The van der Waals surface area contributed by atoms with E-state index in [0.717, 1.165) is 35.2 Å². The SMILES string of the molecule is CCCCCc1nnc(NS(=O)(=O)c2ccc(Br)cc2)s1. The van der Waals surface area contributed by atoms with Crippen molar-refractivity contribution in [1.82, 2.24) is 10.2 Å². The number of aryl methyl sites for hydroxylation is 1. The molecule has 0 spiro atoms. The zero-order valence-electron chi connectivity index (χ0n) is 11.5. The van der Waals surface area contributed by atoms with Crippen LogP contribution in [0.4, 0.5) is 5.13 Å². The summed E-state index contributed by atoms with van der Waals surface area (Å²) in [6.45, 7) is 2.14. The molecule has 0 aliphatic rings. The van der Waals surface area contributed by atoms with Crippen molar-refractivity contribution in [3.05, 3.63) is 33.7 Å². The molecule has 0 unspecified atom stereocenters. The van der Waals surface area contributed by atoms with Crippen molar-refractivity contribution in [3.8, 4) is 0 Å². The molecule has 5 nitrogen and oxygen atoms in total. The van der Waals surface area contributed by atoms with Gasteiger partial charge in [-0.3, -0.25) is 4.72 Å². The predicted octanol–water partition coefficient (Wildman–Crippen LogP) is 3.83. The molecule has 2 aromatic rings. The number of anilines is 1. The van der Waals surface area contributed by atoms with E-state index in [1.807, 2.05) is 0 Å². The summed E-state index contributed by atoms with van der Waals surface area (Å²) in [6, 6.07) is 6.45. The molecule has 0 amide bonds. The Morgan fingerprint density at radius 2 is 1.90 bits per heavy atom. The highest BCUT2D eigenvalue weighted by atomic mass is 79.9. The Kier molecular flexibility index (Phi) is 5.72. The highest BCUT2D eigenvalue weighted by molar-refractivity contribution is 9.10. The smallest absolute Gasteiger partial charge is 0.253 e. The summed E-state index contributed by atoms with van der Waals surface area (Å²) in [7, 11) is -3.60. The number of aromatic nitrogens is 2. The molecule has 0 atom stereocenters. The first kappa shape index (κ1) is 16.4. The van der Waals surface area contributed by atoms with E-state index in [0.29, 0.717) is 5.13 Å². The maximum Gasteiger partial charge on any atom is 0.263 e. The number of hydrogen-bond acceptors (Lipinski definition) is 5. The molecule has 1 heterocycles. The van der Waals surface area contributed by atoms with Crippen molar-refractivity contribution in [2.75, 3.05) is 4.72 Å². The summed E-state index contributed by atoms with van der Waals surface area (Å²) in [6.07, 6.45) is 4.16. The van der Waals surface area contributed by atoms with Gasteiger partial charge in [0.05, 0.1) is 4.90 Å². The third-order valence-electron chi connectivity index (χ3n) is 2.81. The van der Waals surface area contributed by atoms with Crippen molar-refractivity contribution in [1.29, 1.82) is 0 Å². The minimum atomic E-state index is -3.60. The van der Waals surface area contributed by atoms with Gasteiger partial charge in [-0.2, -0.15) is 0 Å². The van der Waals surface area contributed by atoms with E-state index in [1.165, 1.54) is 23.5 Å². The number of benzene rings is 1. The number of rotatable bonds is 7. The van der Waals surface area contributed by atoms with Crippen LogP contribution in [0.5, 0.6) is 0 Å². The third kappa shape index (κ3) is 4.76. The fraction of sp³-hybridized carbons (Fsp3) is 0.385. The van der Waals surface area contributed by atoms with E-state index in [1.54, 1.807) is 12.1 Å². The molecule has 1 aromatic carbocycles. The van der Waals surface area contributed by atoms with Crippen LogP contribution in [-0.4, -0.2) is 18.6 Å². The standard InChI is InChI=1S/C13H16BrN3O2S2/c1-2-3-4-5-12-15-16-13(20-12)17-21(18,19)11-8-6-10(14)7-9-11/h6-9H,2-5H2,1H3,(H,16,17). The first-order chi connectivity index (χ1) is 10.0. The first-order valence-corrected chi connectivity index (χ1v) is 9.71. The lowest BCUT2D eigenvalue weighted by Gasteiger charge is -2.04. The maximum atomic E-state index is 12.2. The molecule has 8 heteroatoms. The van der Waals surface area contributed by atoms with Crippen molar-refractivity contribution in [2.45, 2.75) is 37.5 Å². The molecular weight excluding hydrogens is 374 g/mol. The highest BCUT2D eigenvalue weighted by Gasteiger charge is 2.16.